The van der Waals surface area contributed by atoms with Crippen LogP contribution in [0.4, 0.5) is 0 Å². The molecular weight excluding hydrogens is 218 g/mol. The highest BCUT2D eigenvalue weighted by molar-refractivity contribution is 5.89. The molecule has 4 heteroatoms. The third-order valence-corrected chi connectivity index (χ3v) is 2.31. The number of rotatable bonds is 6. The molecule has 0 bridgehead atoms. The molecule has 0 aliphatic rings. The molecule has 0 radical (unpaired) electrons. The molecule has 94 valence electrons. The van der Waals surface area contributed by atoms with Crippen molar-refractivity contribution >= 4 is 5.97 Å². The third-order valence-electron chi connectivity index (χ3n) is 2.31. The Kier molecular flexibility index (Phi) is 5.66. The molecule has 1 atom stereocenters. The standard InChI is InChI=1S/C13H19NO3/c1-10(9-16-2)17-13(15)12-5-3-4-11(8-12)6-7-14/h3-5,8,10H,6-7,9,14H2,1-2H3. The van der Waals surface area contributed by atoms with E-state index in [0.29, 0.717) is 18.7 Å². The van der Waals surface area contributed by atoms with Gasteiger partial charge >= 0.3 is 5.97 Å². The van der Waals surface area contributed by atoms with Crippen LogP contribution in [0.3, 0.4) is 0 Å². The van der Waals surface area contributed by atoms with Crippen molar-refractivity contribution in [2.75, 3.05) is 20.3 Å². The van der Waals surface area contributed by atoms with Gasteiger partial charge in [-0.25, -0.2) is 4.79 Å². The van der Waals surface area contributed by atoms with E-state index in [-0.39, 0.29) is 12.1 Å². The molecule has 0 saturated carbocycles. The van der Waals surface area contributed by atoms with Gasteiger partial charge in [0.15, 0.2) is 0 Å². The van der Waals surface area contributed by atoms with Gasteiger partial charge in [-0.15, -0.1) is 0 Å². The summed E-state index contributed by atoms with van der Waals surface area (Å²) in [6.07, 6.45) is 0.514. The van der Waals surface area contributed by atoms with Gasteiger partial charge < -0.3 is 15.2 Å². The summed E-state index contributed by atoms with van der Waals surface area (Å²) >= 11 is 0. The summed E-state index contributed by atoms with van der Waals surface area (Å²) < 4.78 is 10.1. The second-order valence-corrected chi connectivity index (χ2v) is 3.91. The maximum absolute atomic E-state index is 11.8. The van der Waals surface area contributed by atoms with Crippen LogP contribution in [0, 0.1) is 0 Å². The van der Waals surface area contributed by atoms with Crippen LogP contribution in [-0.2, 0) is 15.9 Å². The van der Waals surface area contributed by atoms with Gasteiger partial charge in [-0.05, 0) is 37.6 Å². The lowest BCUT2D eigenvalue weighted by Crippen LogP contribution is -2.19. The van der Waals surface area contributed by atoms with Crippen LogP contribution in [-0.4, -0.2) is 32.3 Å². The van der Waals surface area contributed by atoms with Gasteiger partial charge in [0.1, 0.15) is 6.10 Å². The van der Waals surface area contributed by atoms with Gasteiger partial charge in [0.2, 0.25) is 0 Å². The highest BCUT2D eigenvalue weighted by Gasteiger charge is 2.11. The van der Waals surface area contributed by atoms with Gasteiger partial charge in [0, 0.05) is 7.11 Å². The Balaban J connectivity index is 2.65. The van der Waals surface area contributed by atoms with Crippen molar-refractivity contribution < 1.29 is 14.3 Å². The molecule has 0 aliphatic carbocycles. The molecule has 2 N–H and O–H groups in total. The molecule has 4 nitrogen and oxygen atoms in total. The van der Waals surface area contributed by atoms with Crippen molar-refractivity contribution in [1.29, 1.82) is 0 Å². The lowest BCUT2D eigenvalue weighted by molar-refractivity contribution is 0.0120. The number of benzene rings is 1. The first kappa shape index (κ1) is 13.7. The number of carbonyl (C=O) groups is 1. The van der Waals surface area contributed by atoms with Crippen LogP contribution in [0.15, 0.2) is 24.3 Å². The Hall–Kier alpha value is -1.39. The lowest BCUT2D eigenvalue weighted by Gasteiger charge is -2.12. The zero-order valence-electron chi connectivity index (χ0n) is 10.3. The predicted molar refractivity (Wildman–Crippen MR) is 66.0 cm³/mol. The third kappa shape index (κ3) is 4.54. The van der Waals surface area contributed by atoms with Crippen LogP contribution in [0.2, 0.25) is 0 Å². The van der Waals surface area contributed by atoms with Crippen molar-refractivity contribution in [2.45, 2.75) is 19.4 Å². The van der Waals surface area contributed by atoms with E-state index in [1.807, 2.05) is 18.2 Å². The van der Waals surface area contributed by atoms with Crippen LogP contribution < -0.4 is 5.73 Å². The maximum atomic E-state index is 11.8. The van der Waals surface area contributed by atoms with E-state index in [9.17, 15) is 4.79 Å². The van der Waals surface area contributed by atoms with Gasteiger partial charge in [-0.3, -0.25) is 0 Å². The molecule has 1 unspecified atom stereocenters. The first-order valence-electron chi connectivity index (χ1n) is 5.66. The van der Waals surface area contributed by atoms with Crippen LogP contribution in [0.25, 0.3) is 0 Å². The van der Waals surface area contributed by atoms with E-state index in [0.717, 1.165) is 12.0 Å². The molecule has 1 aromatic carbocycles. The summed E-state index contributed by atoms with van der Waals surface area (Å²) in [5.41, 5.74) is 7.07. The van der Waals surface area contributed by atoms with Crippen LogP contribution in [0.1, 0.15) is 22.8 Å². The van der Waals surface area contributed by atoms with Crippen molar-refractivity contribution in [3.05, 3.63) is 35.4 Å². The van der Waals surface area contributed by atoms with E-state index < -0.39 is 0 Å². The first-order valence-corrected chi connectivity index (χ1v) is 5.66. The second-order valence-electron chi connectivity index (χ2n) is 3.91. The highest BCUT2D eigenvalue weighted by Crippen LogP contribution is 2.08. The summed E-state index contributed by atoms with van der Waals surface area (Å²) in [4.78, 5) is 11.8. The molecule has 1 aromatic rings. The molecule has 17 heavy (non-hydrogen) atoms. The highest BCUT2D eigenvalue weighted by atomic mass is 16.6. The Bertz CT molecular complexity index is 365. The zero-order valence-corrected chi connectivity index (χ0v) is 10.3. The summed E-state index contributed by atoms with van der Waals surface area (Å²) in [5, 5.41) is 0. The largest absolute Gasteiger partial charge is 0.457 e. The molecule has 0 amide bonds. The van der Waals surface area contributed by atoms with E-state index in [4.69, 9.17) is 15.2 Å². The lowest BCUT2D eigenvalue weighted by atomic mass is 10.1. The quantitative estimate of drug-likeness (QED) is 0.759. The monoisotopic (exact) mass is 237 g/mol. The Morgan fingerprint density at radius 1 is 1.47 bits per heavy atom. The van der Waals surface area contributed by atoms with E-state index in [2.05, 4.69) is 0 Å². The number of esters is 1. The molecule has 1 rings (SSSR count). The topological polar surface area (TPSA) is 61.5 Å². The average Bonchev–Trinajstić information content (AvgIpc) is 2.30. The molecule has 0 aliphatic heterocycles. The zero-order chi connectivity index (χ0) is 12.7. The SMILES string of the molecule is COCC(C)OC(=O)c1cccc(CCN)c1. The maximum Gasteiger partial charge on any atom is 0.338 e. The molecule has 0 heterocycles. The minimum atomic E-state index is -0.326. The summed E-state index contributed by atoms with van der Waals surface area (Å²) in [6.45, 7) is 2.76. The number of nitrogens with two attached hydrogens (primary N) is 1. The van der Waals surface area contributed by atoms with Gasteiger partial charge in [-0.2, -0.15) is 0 Å². The number of methoxy groups -OCH3 is 1. The van der Waals surface area contributed by atoms with Gasteiger partial charge in [-0.1, -0.05) is 12.1 Å². The smallest absolute Gasteiger partial charge is 0.338 e. The fourth-order valence-electron chi connectivity index (χ4n) is 1.54. The van der Waals surface area contributed by atoms with E-state index in [1.54, 1.807) is 20.1 Å². The molecule has 0 aromatic heterocycles. The summed E-state index contributed by atoms with van der Waals surface area (Å²) in [5.74, 6) is -0.326. The Morgan fingerprint density at radius 2 is 2.24 bits per heavy atom. The summed E-state index contributed by atoms with van der Waals surface area (Å²) in [7, 11) is 1.58. The Labute approximate surface area is 102 Å². The minimum absolute atomic E-state index is 0.245. The number of hydrogen-bond donors (Lipinski definition) is 1. The minimum Gasteiger partial charge on any atom is -0.457 e. The van der Waals surface area contributed by atoms with Crippen molar-refractivity contribution in [2.24, 2.45) is 5.73 Å². The van der Waals surface area contributed by atoms with Crippen molar-refractivity contribution in [3.8, 4) is 0 Å². The molecule has 0 spiro atoms. The second kappa shape index (κ2) is 7.04. The number of ether oxygens (including phenoxy) is 2. The van der Waals surface area contributed by atoms with Crippen molar-refractivity contribution in [1.82, 2.24) is 0 Å². The first-order chi connectivity index (χ1) is 8.17. The fraction of sp³-hybridized carbons (Fsp3) is 0.462. The van der Waals surface area contributed by atoms with Gasteiger partial charge in [0.25, 0.3) is 0 Å². The fourth-order valence-corrected chi connectivity index (χ4v) is 1.54. The number of carbonyl (C=O) groups excluding carboxylic acids is 1. The molecule has 0 fully saturated rings. The Morgan fingerprint density at radius 3 is 2.88 bits per heavy atom. The van der Waals surface area contributed by atoms with Crippen molar-refractivity contribution in [3.63, 3.8) is 0 Å². The van der Waals surface area contributed by atoms with Crippen LogP contribution in [0.5, 0.6) is 0 Å². The van der Waals surface area contributed by atoms with E-state index in [1.165, 1.54) is 0 Å². The normalized spacial score (nSPS) is 12.2. The predicted octanol–water partition coefficient (Wildman–Crippen LogP) is 1.38. The number of hydrogen-bond acceptors (Lipinski definition) is 4. The molecular formula is C13H19NO3. The van der Waals surface area contributed by atoms with Crippen LogP contribution >= 0.6 is 0 Å². The van der Waals surface area contributed by atoms with Gasteiger partial charge in [0.05, 0.1) is 12.2 Å². The molecule has 0 saturated heterocycles. The average molecular weight is 237 g/mol. The van der Waals surface area contributed by atoms with E-state index >= 15 is 0 Å². The summed E-state index contributed by atoms with van der Waals surface area (Å²) in [6, 6.07) is 7.33.